The van der Waals surface area contributed by atoms with Gasteiger partial charge >= 0.3 is 0 Å². The molecule has 60 valence electrons. The minimum Gasteiger partial charge on any atom is -0.0651 e. The van der Waals surface area contributed by atoms with Gasteiger partial charge in [-0.15, -0.1) is 0 Å². The molecule has 2 unspecified atom stereocenters. The minimum atomic E-state index is 0.949. The van der Waals surface area contributed by atoms with E-state index in [9.17, 15) is 0 Å². The summed E-state index contributed by atoms with van der Waals surface area (Å²) in [6.07, 6.45) is 5.86. The summed E-state index contributed by atoms with van der Waals surface area (Å²) < 4.78 is 0. The van der Waals surface area contributed by atoms with E-state index in [-0.39, 0.29) is 0 Å². The van der Waals surface area contributed by atoms with Crippen LogP contribution in [0.4, 0.5) is 0 Å². The summed E-state index contributed by atoms with van der Waals surface area (Å²) in [4.78, 5) is 0. The molecule has 0 saturated heterocycles. The first-order valence-corrected chi connectivity index (χ1v) is 4.75. The summed E-state index contributed by atoms with van der Waals surface area (Å²) in [7, 11) is 0. The summed E-state index contributed by atoms with van der Waals surface area (Å²) in [5.74, 6) is 3.01. The van der Waals surface area contributed by atoms with E-state index in [0.29, 0.717) is 0 Å². The molecule has 1 saturated carbocycles. The number of hydrogen-bond acceptors (Lipinski definition) is 0. The van der Waals surface area contributed by atoms with Gasteiger partial charge in [0.2, 0.25) is 0 Å². The quantitative estimate of drug-likeness (QED) is 0.563. The van der Waals surface area contributed by atoms with E-state index >= 15 is 0 Å². The van der Waals surface area contributed by atoms with Gasteiger partial charge in [-0.05, 0) is 17.8 Å². The van der Waals surface area contributed by atoms with Gasteiger partial charge in [0.05, 0.1) is 0 Å². The zero-order valence-electron chi connectivity index (χ0n) is 7.56. The Balaban J connectivity index is 2.24. The molecule has 0 aromatic heterocycles. The second-order valence-corrected chi connectivity index (χ2v) is 3.94. The van der Waals surface area contributed by atoms with Crippen LogP contribution in [0.15, 0.2) is 0 Å². The molecule has 0 heteroatoms. The highest BCUT2D eigenvalue weighted by Gasteiger charge is 2.26. The topological polar surface area (TPSA) is 0 Å². The van der Waals surface area contributed by atoms with Crippen molar-refractivity contribution in [3.8, 4) is 0 Å². The van der Waals surface area contributed by atoms with Crippen LogP contribution in [0.3, 0.4) is 0 Å². The first-order chi connectivity index (χ1) is 4.75. The highest BCUT2D eigenvalue weighted by atomic mass is 14.3. The minimum absolute atomic E-state index is 0.949. The van der Waals surface area contributed by atoms with E-state index in [1.54, 1.807) is 0 Å². The van der Waals surface area contributed by atoms with Gasteiger partial charge in [0, 0.05) is 0 Å². The van der Waals surface area contributed by atoms with E-state index in [1.165, 1.54) is 25.7 Å². The Morgan fingerprint density at radius 3 is 2.20 bits per heavy atom. The van der Waals surface area contributed by atoms with Crippen LogP contribution >= 0.6 is 0 Å². The zero-order valence-corrected chi connectivity index (χ0v) is 7.56. The fraction of sp³-hybridized carbons (Fsp3) is 1.00. The second kappa shape index (κ2) is 3.41. The van der Waals surface area contributed by atoms with Gasteiger partial charge in [-0.25, -0.2) is 0 Å². The smallest absolute Gasteiger partial charge is 0.0386 e. The Morgan fingerprint density at radius 1 is 1.30 bits per heavy atom. The van der Waals surface area contributed by atoms with Crippen LogP contribution in [-0.4, -0.2) is 0 Å². The lowest BCUT2D eigenvalue weighted by Crippen LogP contribution is -2.24. The van der Waals surface area contributed by atoms with Crippen molar-refractivity contribution >= 4 is 0 Å². The Hall–Kier alpha value is 0. The van der Waals surface area contributed by atoms with Gasteiger partial charge in [-0.2, -0.15) is 0 Å². The largest absolute Gasteiger partial charge is 0.0651 e. The molecule has 0 aromatic rings. The van der Waals surface area contributed by atoms with Gasteiger partial charge in [-0.1, -0.05) is 46.5 Å². The third-order valence-corrected chi connectivity index (χ3v) is 3.43. The third-order valence-electron chi connectivity index (χ3n) is 3.43. The van der Waals surface area contributed by atoms with Crippen LogP contribution in [0.2, 0.25) is 0 Å². The van der Waals surface area contributed by atoms with Gasteiger partial charge < -0.3 is 0 Å². The maximum atomic E-state index is 2.43. The Labute approximate surface area is 65.0 Å². The molecule has 0 amide bonds. The monoisotopic (exact) mass is 140 g/mol. The average Bonchev–Trinajstić information content (AvgIpc) is 1.82. The van der Waals surface area contributed by atoms with Crippen LogP contribution in [0.5, 0.6) is 0 Å². The van der Waals surface area contributed by atoms with Crippen molar-refractivity contribution in [1.29, 1.82) is 0 Å². The van der Waals surface area contributed by atoms with Crippen molar-refractivity contribution in [2.75, 3.05) is 0 Å². The van der Waals surface area contributed by atoms with E-state index in [1.807, 2.05) is 0 Å². The standard InChI is InChI=1S/C10H20/c1-4-8(2)9(3)10-6-5-7-10/h8-10H,4-7H2,1-3H3. The summed E-state index contributed by atoms with van der Waals surface area (Å²) in [6.45, 7) is 7.13. The van der Waals surface area contributed by atoms with Crippen molar-refractivity contribution < 1.29 is 0 Å². The maximum Gasteiger partial charge on any atom is -0.0386 e. The third kappa shape index (κ3) is 1.53. The molecule has 0 aliphatic heterocycles. The molecule has 1 rings (SSSR count). The van der Waals surface area contributed by atoms with Crippen LogP contribution in [0, 0.1) is 17.8 Å². The normalized spacial score (nSPS) is 25.5. The Bertz CT molecular complexity index is 87.5. The predicted octanol–water partition coefficient (Wildman–Crippen LogP) is 3.47. The molecule has 1 fully saturated rings. The van der Waals surface area contributed by atoms with Gasteiger partial charge in [0.1, 0.15) is 0 Å². The summed E-state index contributed by atoms with van der Waals surface area (Å²) in [5.41, 5.74) is 0. The lowest BCUT2D eigenvalue weighted by Gasteiger charge is -2.34. The lowest BCUT2D eigenvalue weighted by molar-refractivity contribution is 0.165. The van der Waals surface area contributed by atoms with Gasteiger partial charge in [-0.3, -0.25) is 0 Å². The molecule has 0 spiro atoms. The van der Waals surface area contributed by atoms with Crippen molar-refractivity contribution in [3.63, 3.8) is 0 Å². The number of hydrogen-bond donors (Lipinski definition) is 0. The second-order valence-electron chi connectivity index (χ2n) is 3.94. The Kier molecular flexibility index (Phi) is 2.76. The van der Waals surface area contributed by atoms with Crippen molar-refractivity contribution in [2.45, 2.75) is 46.5 Å². The molecule has 2 atom stereocenters. The lowest BCUT2D eigenvalue weighted by atomic mass is 9.71. The molecule has 10 heavy (non-hydrogen) atoms. The van der Waals surface area contributed by atoms with Gasteiger partial charge in [0.25, 0.3) is 0 Å². The van der Waals surface area contributed by atoms with Crippen molar-refractivity contribution in [3.05, 3.63) is 0 Å². The first kappa shape index (κ1) is 8.10. The molecule has 1 aliphatic carbocycles. The molecule has 0 nitrogen and oxygen atoms in total. The van der Waals surface area contributed by atoms with Crippen molar-refractivity contribution in [1.82, 2.24) is 0 Å². The number of rotatable bonds is 3. The SMILES string of the molecule is CCC(C)C(C)C1CCC1. The summed E-state index contributed by atoms with van der Waals surface area (Å²) in [6, 6.07) is 0. The van der Waals surface area contributed by atoms with Crippen LogP contribution in [0.1, 0.15) is 46.5 Å². The van der Waals surface area contributed by atoms with Gasteiger partial charge in [0.15, 0.2) is 0 Å². The molecule has 0 aromatic carbocycles. The molecule has 0 N–H and O–H groups in total. The average molecular weight is 140 g/mol. The van der Waals surface area contributed by atoms with E-state index < -0.39 is 0 Å². The highest BCUT2D eigenvalue weighted by molar-refractivity contribution is 4.77. The molecular weight excluding hydrogens is 120 g/mol. The predicted molar refractivity (Wildman–Crippen MR) is 46.0 cm³/mol. The van der Waals surface area contributed by atoms with E-state index in [0.717, 1.165) is 17.8 Å². The molecule has 1 aliphatic rings. The van der Waals surface area contributed by atoms with Crippen LogP contribution in [-0.2, 0) is 0 Å². The summed E-state index contributed by atoms with van der Waals surface area (Å²) >= 11 is 0. The van der Waals surface area contributed by atoms with Crippen LogP contribution in [0.25, 0.3) is 0 Å². The molecule has 0 heterocycles. The maximum absolute atomic E-state index is 2.43. The first-order valence-electron chi connectivity index (χ1n) is 4.75. The zero-order chi connectivity index (χ0) is 7.56. The summed E-state index contributed by atoms with van der Waals surface area (Å²) in [5, 5.41) is 0. The Morgan fingerprint density at radius 2 is 1.90 bits per heavy atom. The fourth-order valence-corrected chi connectivity index (χ4v) is 1.80. The molecule has 0 radical (unpaired) electrons. The van der Waals surface area contributed by atoms with Crippen LogP contribution < -0.4 is 0 Å². The van der Waals surface area contributed by atoms with E-state index in [2.05, 4.69) is 20.8 Å². The van der Waals surface area contributed by atoms with Crippen molar-refractivity contribution in [2.24, 2.45) is 17.8 Å². The van der Waals surface area contributed by atoms with E-state index in [4.69, 9.17) is 0 Å². The molecule has 0 bridgehead atoms. The highest BCUT2D eigenvalue weighted by Crippen LogP contribution is 2.37. The fourth-order valence-electron chi connectivity index (χ4n) is 1.80. The molecular formula is C10H20.